The molecule has 5 rings (SSSR count). The Hall–Kier alpha value is -3.79. The van der Waals surface area contributed by atoms with Crippen molar-refractivity contribution in [1.82, 2.24) is 30.1 Å². The van der Waals surface area contributed by atoms with Crippen LogP contribution in [-0.2, 0) is 25.2 Å². The van der Waals surface area contributed by atoms with E-state index in [9.17, 15) is 9.18 Å². The maximum Gasteiger partial charge on any atom is 0.252 e. The van der Waals surface area contributed by atoms with E-state index in [1.807, 2.05) is 32.9 Å². The maximum atomic E-state index is 13.4. The Kier molecular flexibility index (Phi) is 5.52. The molecule has 10 heteroatoms. The second-order valence-corrected chi connectivity index (χ2v) is 9.37. The van der Waals surface area contributed by atoms with Crippen molar-refractivity contribution in [1.29, 1.82) is 0 Å². The Morgan fingerprint density at radius 2 is 1.79 bits per heavy atom. The van der Waals surface area contributed by atoms with Crippen LogP contribution in [0, 0.1) is 5.82 Å². The van der Waals surface area contributed by atoms with Crippen molar-refractivity contribution in [2.75, 3.05) is 6.79 Å². The first kappa shape index (κ1) is 22.0. The van der Waals surface area contributed by atoms with Crippen molar-refractivity contribution in [2.45, 2.75) is 45.9 Å². The van der Waals surface area contributed by atoms with Gasteiger partial charge in [0, 0.05) is 30.1 Å². The summed E-state index contributed by atoms with van der Waals surface area (Å²) < 4.78 is 26.1. The number of hydrogen-bond acceptors (Lipinski definition) is 7. The fourth-order valence-corrected chi connectivity index (χ4v) is 4.04. The molecule has 2 aromatic heterocycles. The number of fused-ring (bicyclic) bond motifs is 2. The van der Waals surface area contributed by atoms with Crippen LogP contribution in [0.5, 0.6) is 11.5 Å². The molecule has 1 N–H and O–H groups in total. The number of aromatic amines is 1. The Bertz CT molecular complexity index is 1390. The average Bonchev–Trinajstić information content (AvgIpc) is 3.43. The Labute approximate surface area is 195 Å². The lowest BCUT2D eigenvalue weighted by molar-refractivity contribution is 0.174. The predicted octanol–water partition coefficient (Wildman–Crippen LogP) is 3.34. The Morgan fingerprint density at radius 3 is 2.53 bits per heavy atom. The van der Waals surface area contributed by atoms with Gasteiger partial charge in [0.25, 0.3) is 5.56 Å². The minimum atomic E-state index is -0.302. The van der Waals surface area contributed by atoms with Crippen molar-refractivity contribution in [3.63, 3.8) is 0 Å². The molecule has 0 spiro atoms. The third-order valence-electron chi connectivity index (χ3n) is 5.66. The third-order valence-corrected chi connectivity index (χ3v) is 5.66. The Morgan fingerprint density at radius 1 is 1.06 bits per heavy atom. The highest BCUT2D eigenvalue weighted by Crippen LogP contribution is 2.35. The standard InChI is InChI=1S/C24H25FN6O3/c1-24(2,3)31-22(27-28-29-31)13-30(11-15-4-6-18(25)7-5-15)12-17-8-16-9-20-21(34-14-33-20)10-19(16)26-23(17)32/h4-10H,11-14H2,1-3H3,(H,26,32). The molecule has 4 aromatic rings. The zero-order chi connectivity index (χ0) is 23.9. The van der Waals surface area contributed by atoms with Crippen molar-refractivity contribution in [3.05, 3.63) is 75.6 Å². The molecule has 0 saturated heterocycles. The van der Waals surface area contributed by atoms with Gasteiger partial charge in [0.1, 0.15) is 5.82 Å². The van der Waals surface area contributed by atoms with Gasteiger partial charge in [0.15, 0.2) is 17.3 Å². The molecule has 34 heavy (non-hydrogen) atoms. The van der Waals surface area contributed by atoms with Crippen molar-refractivity contribution < 1.29 is 13.9 Å². The lowest BCUT2D eigenvalue weighted by atomic mass is 10.1. The number of ether oxygens (including phenoxy) is 2. The third kappa shape index (κ3) is 4.49. The summed E-state index contributed by atoms with van der Waals surface area (Å²) in [6, 6.07) is 11.8. The summed E-state index contributed by atoms with van der Waals surface area (Å²) in [5.74, 6) is 1.65. The van der Waals surface area contributed by atoms with Gasteiger partial charge in [0.05, 0.1) is 17.6 Å². The number of halogens is 1. The molecule has 2 aromatic carbocycles. The van der Waals surface area contributed by atoms with E-state index in [-0.39, 0.29) is 23.7 Å². The van der Waals surface area contributed by atoms with Gasteiger partial charge in [-0.25, -0.2) is 9.07 Å². The summed E-state index contributed by atoms with van der Waals surface area (Å²) in [5, 5.41) is 13.1. The molecular formula is C24H25FN6O3. The van der Waals surface area contributed by atoms with Gasteiger partial charge in [-0.3, -0.25) is 9.69 Å². The molecule has 0 fully saturated rings. The van der Waals surface area contributed by atoms with Crippen molar-refractivity contribution >= 4 is 10.9 Å². The van der Waals surface area contributed by atoms with Crippen LogP contribution < -0.4 is 15.0 Å². The maximum absolute atomic E-state index is 13.4. The highest BCUT2D eigenvalue weighted by atomic mass is 19.1. The zero-order valence-corrected chi connectivity index (χ0v) is 19.2. The number of pyridine rings is 1. The summed E-state index contributed by atoms with van der Waals surface area (Å²) >= 11 is 0. The molecule has 0 amide bonds. The smallest absolute Gasteiger partial charge is 0.252 e. The molecule has 0 aliphatic carbocycles. The summed E-state index contributed by atoms with van der Waals surface area (Å²) in [4.78, 5) is 18.0. The lowest BCUT2D eigenvalue weighted by Crippen LogP contribution is -2.31. The predicted molar refractivity (Wildman–Crippen MR) is 123 cm³/mol. The number of nitrogens with one attached hydrogen (secondary N) is 1. The van der Waals surface area contributed by atoms with E-state index in [4.69, 9.17) is 9.47 Å². The summed E-state index contributed by atoms with van der Waals surface area (Å²) in [6.45, 7) is 7.46. The quantitative estimate of drug-likeness (QED) is 0.467. The molecule has 0 unspecified atom stereocenters. The van der Waals surface area contributed by atoms with Crippen LogP contribution in [0.4, 0.5) is 4.39 Å². The van der Waals surface area contributed by atoms with Gasteiger partial charge >= 0.3 is 0 Å². The number of hydrogen-bond donors (Lipinski definition) is 1. The highest BCUT2D eigenvalue weighted by molar-refractivity contribution is 5.83. The number of tetrazole rings is 1. The minimum Gasteiger partial charge on any atom is -0.454 e. The molecule has 0 atom stereocenters. The molecule has 3 heterocycles. The topological polar surface area (TPSA) is 98.2 Å². The van der Waals surface area contributed by atoms with Crippen LogP contribution in [-0.4, -0.2) is 36.9 Å². The van der Waals surface area contributed by atoms with Crippen molar-refractivity contribution in [3.8, 4) is 11.5 Å². The van der Waals surface area contributed by atoms with Gasteiger partial charge in [0.2, 0.25) is 6.79 Å². The first-order valence-corrected chi connectivity index (χ1v) is 11.0. The fourth-order valence-electron chi connectivity index (χ4n) is 4.04. The van der Waals surface area contributed by atoms with Crippen LogP contribution in [0.15, 0.2) is 47.3 Å². The van der Waals surface area contributed by atoms with E-state index in [2.05, 4.69) is 25.4 Å². The van der Waals surface area contributed by atoms with Gasteiger partial charge in [-0.15, -0.1) is 5.10 Å². The number of aromatic nitrogens is 5. The summed E-state index contributed by atoms with van der Waals surface area (Å²) in [7, 11) is 0. The molecule has 0 saturated carbocycles. The Balaban J connectivity index is 1.48. The molecular weight excluding hydrogens is 439 g/mol. The van der Waals surface area contributed by atoms with Crippen LogP contribution in [0.1, 0.15) is 37.7 Å². The van der Waals surface area contributed by atoms with E-state index in [0.29, 0.717) is 48.0 Å². The molecule has 176 valence electrons. The second-order valence-electron chi connectivity index (χ2n) is 9.37. The average molecular weight is 465 g/mol. The van der Waals surface area contributed by atoms with Crippen LogP contribution in [0.25, 0.3) is 10.9 Å². The molecule has 0 bridgehead atoms. The highest BCUT2D eigenvalue weighted by Gasteiger charge is 2.22. The van der Waals surface area contributed by atoms with E-state index in [1.165, 1.54) is 12.1 Å². The largest absolute Gasteiger partial charge is 0.454 e. The summed E-state index contributed by atoms with van der Waals surface area (Å²) in [6.07, 6.45) is 0. The number of rotatable bonds is 6. The van der Waals surface area contributed by atoms with Gasteiger partial charge in [-0.05, 0) is 61.0 Å². The monoisotopic (exact) mass is 464 g/mol. The fraction of sp³-hybridized carbons (Fsp3) is 0.333. The number of nitrogens with zero attached hydrogens (tertiary/aromatic N) is 5. The summed E-state index contributed by atoms with van der Waals surface area (Å²) in [5.41, 5.74) is 1.69. The first-order valence-electron chi connectivity index (χ1n) is 11.0. The second kappa shape index (κ2) is 8.53. The molecule has 1 aliphatic rings. The normalized spacial score (nSPS) is 13.2. The SMILES string of the molecule is CC(C)(C)n1nnnc1CN(Cc1ccc(F)cc1)Cc1cc2cc3c(cc2[nH]c1=O)OCO3. The van der Waals surface area contributed by atoms with Gasteiger partial charge in [-0.2, -0.15) is 0 Å². The molecule has 0 radical (unpaired) electrons. The van der Waals surface area contributed by atoms with E-state index in [0.717, 1.165) is 10.9 Å². The van der Waals surface area contributed by atoms with E-state index in [1.54, 1.807) is 22.9 Å². The lowest BCUT2D eigenvalue weighted by Gasteiger charge is -2.25. The molecule has 1 aliphatic heterocycles. The first-order chi connectivity index (χ1) is 16.3. The van der Waals surface area contributed by atoms with Crippen LogP contribution >= 0.6 is 0 Å². The molecule has 9 nitrogen and oxygen atoms in total. The minimum absolute atomic E-state index is 0.163. The van der Waals surface area contributed by atoms with Crippen LogP contribution in [0.2, 0.25) is 0 Å². The van der Waals surface area contributed by atoms with E-state index < -0.39 is 0 Å². The van der Waals surface area contributed by atoms with Crippen molar-refractivity contribution in [2.24, 2.45) is 0 Å². The van der Waals surface area contributed by atoms with Crippen LogP contribution in [0.3, 0.4) is 0 Å². The number of H-pyrrole nitrogens is 1. The zero-order valence-electron chi connectivity index (χ0n) is 19.2. The van der Waals surface area contributed by atoms with Gasteiger partial charge < -0.3 is 14.5 Å². The van der Waals surface area contributed by atoms with E-state index >= 15 is 0 Å². The number of benzene rings is 2. The van der Waals surface area contributed by atoms with Gasteiger partial charge in [-0.1, -0.05) is 12.1 Å².